The molecule has 0 unspecified atom stereocenters. The van der Waals surface area contributed by atoms with Gasteiger partial charge in [0.15, 0.2) is 0 Å². The molecule has 4 aromatic carbocycles. The molecule has 4 nitrogen and oxygen atoms in total. The Morgan fingerprint density at radius 2 is 0.636 bits per heavy atom. The number of rotatable bonds is 0. The van der Waals surface area contributed by atoms with Gasteiger partial charge in [0.2, 0.25) is 0 Å². The van der Waals surface area contributed by atoms with E-state index in [9.17, 15) is 21.0 Å². The molecule has 1 spiro atoms. The molecule has 0 N–H and O–H groups in total. The molecule has 0 radical (unpaired) electrons. The van der Waals surface area contributed by atoms with E-state index < -0.39 is 5.41 Å². The van der Waals surface area contributed by atoms with Gasteiger partial charge in [-0.3, -0.25) is 0 Å². The Bertz CT molecular complexity index is 1460. The zero-order valence-electron chi connectivity index (χ0n) is 17.2. The number of hydrogen-bond acceptors (Lipinski definition) is 4. The van der Waals surface area contributed by atoms with Gasteiger partial charge in [0.1, 0.15) is 0 Å². The number of benzene rings is 4. The molecule has 2 aliphatic carbocycles. The van der Waals surface area contributed by atoms with E-state index in [-0.39, 0.29) is 0 Å². The van der Waals surface area contributed by atoms with Crippen LogP contribution < -0.4 is 0 Å². The summed E-state index contributed by atoms with van der Waals surface area (Å²) < 4.78 is 0. The monoisotopic (exact) mass is 416 g/mol. The van der Waals surface area contributed by atoms with Gasteiger partial charge in [0.25, 0.3) is 0 Å². The van der Waals surface area contributed by atoms with Gasteiger partial charge < -0.3 is 0 Å². The summed E-state index contributed by atoms with van der Waals surface area (Å²) in [4.78, 5) is 0. The van der Waals surface area contributed by atoms with Crippen molar-refractivity contribution in [1.82, 2.24) is 0 Å². The Labute approximate surface area is 190 Å². The molecule has 0 amide bonds. The molecule has 4 aromatic rings. The van der Waals surface area contributed by atoms with Gasteiger partial charge in [-0.25, -0.2) is 0 Å². The Morgan fingerprint density at radius 3 is 0.848 bits per heavy atom. The SMILES string of the molecule is N#Cc1ccc2c(c1)-c1cc(C#N)ccc1C21c2ccc(C#N)cc2-c2cc(C#N)ccc21. The molecular formula is C29H12N4. The third-order valence-electron chi connectivity index (χ3n) is 6.79. The molecule has 0 saturated carbocycles. The van der Waals surface area contributed by atoms with Crippen LogP contribution >= 0.6 is 0 Å². The number of nitriles is 4. The normalized spacial score (nSPS) is 13.0. The van der Waals surface area contributed by atoms with Crippen molar-refractivity contribution >= 4 is 0 Å². The van der Waals surface area contributed by atoms with Crippen molar-refractivity contribution in [3.05, 3.63) is 117 Å². The standard InChI is InChI=1S/C29H12N4/c30-13-17-1-5-25-21(9-17)22-10-18(14-31)2-6-26(22)29(25)27-7-3-19(15-32)11-23(27)24-12-20(16-33)4-8-28(24)29/h1-12H. The smallest absolute Gasteiger partial charge is 0.0991 e. The van der Waals surface area contributed by atoms with Crippen molar-refractivity contribution in [3.8, 4) is 46.5 Å². The highest BCUT2D eigenvalue weighted by atomic mass is 14.5. The number of hydrogen-bond donors (Lipinski definition) is 0. The van der Waals surface area contributed by atoms with Crippen LogP contribution in [-0.4, -0.2) is 0 Å². The average Bonchev–Trinajstić information content (AvgIpc) is 3.33. The van der Waals surface area contributed by atoms with E-state index in [0.717, 1.165) is 44.5 Å². The van der Waals surface area contributed by atoms with Crippen LogP contribution in [0.2, 0.25) is 0 Å². The molecule has 0 fully saturated rings. The van der Waals surface area contributed by atoms with E-state index in [0.29, 0.717) is 22.3 Å². The Hall–Kier alpha value is -5.16. The summed E-state index contributed by atoms with van der Waals surface area (Å²) >= 11 is 0. The van der Waals surface area contributed by atoms with Crippen LogP contribution in [0.5, 0.6) is 0 Å². The van der Waals surface area contributed by atoms with E-state index in [2.05, 4.69) is 24.3 Å². The van der Waals surface area contributed by atoms with E-state index >= 15 is 0 Å². The van der Waals surface area contributed by atoms with E-state index in [1.54, 1.807) is 0 Å². The maximum Gasteiger partial charge on any atom is 0.0991 e. The molecule has 0 atom stereocenters. The van der Waals surface area contributed by atoms with Crippen molar-refractivity contribution in [1.29, 1.82) is 21.0 Å². The zero-order chi connectivity index (χ0) is 22.7. The summed E-state index contributed by atoms with van der Waals surface area (Å²) in [5.74, 6) is 0. The van der Waals surface area contributed by atoms with Crippen molar-refractivity contribution in [3.63, 3.8) is 0 Å². The summed E-state index contributed by atoms with van der Waals surface area (Å²) in [6, 6.07) is 31.7. The first-order valence-corrected chi connectivity index (χ1v) is 10.3. The van der Waals surface area contributed by atoms with Gasteiger partial charge >= 0.3 is 0 Å². The molecule has 4 heteroatoms. The second kappa shape index (κ2) is 6.42. The first kappa shape index (κ1) is 18.6. The van der Waals surface area contributed by atoms with Crippen molar-refractivity contribution in [2.24, 2.45) is 0 Å². The molecule has 0 saturated heterocycles. The van der Waals surface area contributed by atoms with Gasteiger partial charge in [0, 0.05) is 0 Å². The lowest BCUT2D eigenvalue weighted by Gasteiger charge is -2.30. The lowest BCUT2D eigenvalue weighted by Crippen LogP contribution is -2.25. The zero-order valence-corrected chi connectivity index (χ0v) is 17.2. The van der Waals surface area contributed by atoms with Crippen LogP contribution in [0.4, 0.5) is 0 Å². The Kier molecular flexibility index (Phi) is 3.62. The molecule has 0 aromatic heterocycles. The molecule has 2 aliphatic rings. The van der Waals surface area contributed by atoms with E-state index in [4.69, 9.17) is 0 Å². The predicted molar refractivity (Wildman–Crippen MR) is 122 cm³/mol. The highest BCUT2D eigenvalue weighted by Crippen LogP contribution is 2.63. The fourth-order valence-electron chi connectivity index (χ4n) is 5.53. The molecule has 0 aliphatic heterocycles. The van der Waals surface area contributed by atoms with Crippen LogP contribution in [0, 0.1) is 45.3 Å². The minimum atomic E-state index is -0.653. The van der Waals surface area contributed by atoms with Gasteiger partial charge in [-0.05, 0) is 93.0 Å². The van der Waals surface area contributed by atoms with Crippen LogP contribution in [0.25, 0.3) is 22.3 Å². The summed E-state index contributed by atoms with van der Waals surface area (Å²) in [5.41, 5.74) is 9.37. The third-order valence-corrected chi connectivity index (χ3v) is 6.79. The molecule has 0 bridgehead atoms. The van der Waals surface area contributed by atoms with Crippen LogP contribution in [0.15, 0.2) is 72.8 Å². The van der Waals surface area contributed by atoms with E-state index in [1.807, 2.05) is 72.8 Å². The topological polar surface area (TPSA) is 95.2 Å². The van der Waals surface area contributed by atoms with Crippen molar-refractivity contribution in [2.45, 2.75) is 5.41 Å². The first-order chi connectivity index (χ1) is 16.1. The molecular weight excluding hydrogens is 404 g/mol. The first-order valence-electron chi connectivity index (χ1n) is 10.3. The summed E-state index contributed by atoms with van der Waals surface area (Å²) in [6.45, 7) is 0. The lowest BCUT2D eigenvalue weighted by molar-refractivity contribution is 0.793. The fraction of sp³-hybridized carbons (Fsp3) is 0.0345. The Balaban J connectivity index is 1.83. The quantitative estimate of drug-likeness (QED) is 0.326. The molecule has 0 heterocycles. The van der Waals surface area contributed by atoms with Crippen molar-refractivity contribution in [2.75, 3.05) is 0 Å². The third kappa shape index (κ3) is 2.20. The largest absolute Gasteiger partial charge is 0.192 e. The minimum absolute atomic E-state index is 0.553. The van der Waals surface area contributed by atoms with Crippen LogP contribution in [-0.2, 0) is 5.41 Å². The number of fused-ring (bicyclic) bond motifs is 10. The summed E-state index contributed by atoms with van der Waals surface area (Å²) in [6.07, 6.45) is 0. The molecule has 148 valence electrons. The molecule has 6 rings (SSSR count). The predicted octanol–water partition coefficient (Wildman–Crippen LogP) is 5.52. The molecule has 33 heavy (non-hydrogen) atoms. The number of nitrogens with zero attached hydrogens (tertiary/aromatic N) is 4. The highest BCUT2D eigenvalue weighted by Gasteiger charge is 2.51. The maximum atomic E-state index is 9.54. The van der Waals surface area contributed by atoms with Gasteiger partial charge in [-0.15, -0.1) is 0 Å². The summed E-state index contributed by atoms with van der Waals surface area (Å²) in [7, 11) is 0. The van der Waals surface area contributed by atoms with Crippen molar-refractivity contribution < 1.29 is 0 Å². The minimum Gasteiger partial charge on any atom is -0.192 e. The van der Waals surface area contributed by atoms with Gasteiger partial charge in [-0.1, -0.05) is 24.3 Å². The highest BCUT2D eigenvalue weighted by molar-refractivity contribution is 5.96. The fourth-order valence-corrected chi connectivity index (χ4v) is 5.53. The van der Waals surface area contributed by atoms with Crippen LogP contribution in [0.1, 0.15) is 44.5 Å². The van der Waals surface area contributed by atoms with Crippen LogP contribution in [0.3, 0.4) is 0 Å². The van der Waals surface area contributed by atoms with Gasteiger partial charge in [0.05, 0.1) is 51.9 Å². The maximum absolute atomic E-state index is 9.54. The Morgan fingerprint density at radius 1 is 0.394 bits per heavy atom. The second-order valence-electron chi connectivity index (χ2n) is 8.24. The van der Waals surface area contributed by atoms with E-state index in [1.165, 1.54) is 0 Å². The van der Waals surface area contributed by atoms with Gasteiger partial charge in [-0.2, -0.15) is 21.0 Å². The second-order valence-corrected chi connectivity index (χ2v) is 8.24. The summed E-state index contributed by atoms with van der Waals surface area (Å²) in [5, 5.41) is 38.2. The lowest BCUT2D eigenvalue weighted by atomic mass is 9.70. The average molecular weight is 416 g/mol.